The number of benzene rings is 2. The average Bonchev–Trinajstić information content (AvgIpc) is 2.65. The number of nitrogens with two attached hydrogens (primary N) is 1. The van der Waals surface area contributed by atoms with E-state index < -0.39 is 39.0 Å². The lowest BCUT2D eigenvalue weighted by Gasteiger charge is -2.19. The van der Waals surface area contributed by atoms with E-state index in [0.29, 0.717) is 6.07 Å². The van der Waals surface area contributed by atoms with Gasteiger partial charge in [0, 0.05) is 12.1 Å². The summed E-state index contributed by atoms with van der Waals surface area (Å²) in [5, 5.41) is 27.4. The van der Waals surface area contributed by atoms with E-state index in [2.05, 4.69) is 5.32 Å². The number of rotatable bonds is 8. The van der Waals surface area contributed by atoms with E-state index in [4.69, 9.17) is 9.88 Å². The van der Waals surface area contributed by atoms with Crippen LogP contribution in [0.5, 0.6) is 0 Å². The van der Waals surface area contributed by atoms with Gasteiger partial charge in [0.25, 0.3) is 0 Å². The predicted molar refractivity (Wildman–Crippen MR) is 98.0 cm³/mol. The van der Waals surface area contributed by atoms with Gasteiger partial charge in [-0.25, -0.2) is 22.7 Å². The van der Waals surface area contributed by atoms with E-state index in [1.54, 1.807) is 12.1 Å². The highest BCUT2D eigenvalue weighted by Crippen LogP contribution is 2.23. The van der Waals surface area contributed by atoms with Crippen LogP contribution in [0.2, 0.25) is 0 Å². The maximum Gasteiger partial charge on any atom is 0.407 e. The second kappa shape index (κ2) is 9.60. The highest BCUT2D eigenvalue weighted by molar-refractivity contribution is 7.89. The van der Waals surface area contributed by atoms with Gasteiger partial charge in [0.05, 0.1) is 11.0 Å². The zero-order chi connectivity index (χ0) is 20.7. The van der Waals surface area contributed by atoms with Gasteiger partial charge >= 0.3 is 6.09 Å². The maximum atomic E-state index is 14.0. The molecule has 0 aliphatic rings. The molecule has 0 fully saturated rings. The van der Waals surface area contributed by atoms with Crippen LogP contribution in [0, 0.1) is 5.82 Å². The number of amides is 1. The Hall–Kier alpha value is -2.53. The van der Waals surface area contributed by atoms with Crippen molar-refractivity contribution in [3.05, 3.63) is 65.5 Å². The topological polar surface area (TPSA) is 139 Å². The van der Waals surface area contributed by atoms with Gasteiger partial charge in [0.2, 0.25) is 10.0 Å². The maximum absolute atomic E-state index is 14.0. The number of hydrogen-bond acceptors (Lipinski definition) is 6. The zero-order valence-electron chi connectivity index (χ0n) is 14.8. The van der Waals surface area contributed by atoms with Gasteiger partial charge in [0.15, 0.2) is 0 Å². The van der Waals surface area contributed by atoms with Gasteiger partial charge in [-0.05, 0) is 24.1 Å². The fourth-order valence-electron chi connectivity index (χ4n) is 2.39. The minimum Gasteiger partial charge on any atom is -0.445 e. The summed E-state index contributed by atoms with van der Waals surface area (Å²) in [5.74, 6) is -1.02. The van der Waals surface area contributed by atoms with Gasteiger partial charge in [-0.1, -0.05) is 36.4 Å². The van der Waals surface area contributed by atoms with E-state index in [-0.39, 0.29) is 25.1 Å². The number of ether oxygens (including phenoxy) is 1. The standard InChI is InChI=1S/C18H21FN2O6S/c19-15-10-13(28(20,25)26)6-7-14(15)17(23)16(22)8-9-21-18(24)27-11-12-4-2-1-3-5-12/h1-7,10,16-17,22-23H,8-9,11H2,(H,21,24)(H2,20,25,26). The molecule has 2 unspecified atom stereocenters. The SMILES string of the molecule is NS(=O)(=O)c1ccc(C(O)C(O)CCNC(=O)OCc2ccccc2)c(F)c1. The fraction of sp³-hybridized carbons (Fsp3) is 0.278. The molecule has 28 heavy (non-hydrogen) atoms. The summed E-state index contributed by atoms with van der Waals surface area (Å²) in [6.45, 7) is 0.0577. The van der Waals surface area contributed by atoms with E-state index in [1.165, 1.54) is 0 Å². The first-order valence-corrected chi connectivity index (χ1v) is 9.86. The molecule has 0 spiro atoms. The molecule has 5 N–H and O–H groups in total. The van der Waals surface area contributed by atoms with Crippen molar-refractivity contribution < 1.29 is 32.6 Å². The summed E-state index contributed by atoms with van der Waals surface area (Å²) in [7, 11) is -4.08. The molecule has 0 aliphatic carbocycles. The lowest BCUT2D eigenvalue weighted by atomic mass is 10.0. The van der Waals surface area contributed by atoms with E-state index in [0.717, 1.165) is 17.7 Å². The predicted octanol–water partition coefficient (Wildman–Crippen LogP) is 1.18. The van der Waals surface area contributed by atoms with Gasteiger partial charge in [-0.3, -0.25) is 0 Å². The molecule has 1 amide bonds. The minimum atomic E-state index is -4.08. The Morgan fingerprint density at radius 2 is 1.86 bits per heavy atom. The second-order valence-electron chi connectivity index (χ2n) is 6.02. The first kappa shape index (κ1) is 21.8. The third-order valence-corrected chi connectivity index (χ3v) is 4.82. The third kappa shape index (κ3) is 6.27. The van der Waals surface area contributed by atoms with Crippen LogP contribution in [0.1, 0.15) is 23.7 Å². The molecular weight excluding hydrogens is 391 g/mol. The molecule has 2 aromatic carbocycles. The lowest BCUT2D eigenvalue weighted by molar-refractivity contribution is 0.0116. The van der Waals surface area contributed by atoms with Crippen LogP contribution in [-0.4, -0.2) is 37.4 Å². The Kier molecular flexibility index (Phi) is 7.46. The molecule has 0 radical (unpaired) electrons. The number of nitrogens with one attached hydrogen (secondary N) is 1. The average molecular weight is 412 g/mol. The van der Waals surface area contributed by atoms with Crippen molar-refractivity contribution >= 4 is 16.1 Å². The molecule has 152 valence electrons. The van der Waals surface area contributed by atoms with Crippen LogP contribution >= 0.6 is 0 Å². The van der Waals surface area contributed by atoms with Crippen LogP contribution in [0.3, 0.4) is 0 Å². The van der Waals surface area contributed by atoms with Crippen molar-refractivity contribution in [1.82, 2.24) is 5.32 Å². The molecule has 2 atom stereocenters. The molecule has 0 saturated heterocycles. The number of sulfonamides is 1. The Morgan fingerprint density at radius 3 is 2.46 bits per heavy atom. The van der Waals surface area contributed by atoms with Crippen molar-refractivity contribution in [1.29, 1.82) is 0 Å². The Bertz CT molecular complexity index is 908. The van der Waals surface area contributed by atoms with Crippen LogP contribution in [0.15, 0.2) is 53.4 Å². The summed E-state index contributed by atoms with van der Waals surface area (Å²) in [5.41, 5.74) is 0.526. The molecule has 0 aromatic heterocycles. The molecule has 0 aliphatic heterocycles. The number of alkyl carbamates (subject to hydrolysis) is 1. The van der Waals surface area contributed by atoms with Gasteiger partial charge in [-0.2, -0.15) is 0 Å². The Balaban J connectivity index is 1.82. The van der Waals surface area contributed by atoms with Gasteiger partial charge in [-0.15, -0.1) is 0 Å². The summed E-state index contributed by atoms with van der Waals surface area (Å²) >= 11 is 0. The molecule has 0 saturated carbocycles. The van der Waals surface area contributed by atoms with Crippen LogP contribution in [0.25, 0.3) is 0 Å². The summed E-state index contributed by atoms with van der Waals surface area (Å²) in [6.07, 6.45) is -3.80. The number of primary sulfonamides is 1. The van der Waals surface area contributed by atoms with Crippen LogP contribution < -0.4 is 10.5 Å². The summed E-state index contributed by atoms with van der Waals surface area (Å²) in [6, 6.07) is 11.8. The second-order valence-corrected chi connectivity index (χ2v) is 7.58. The summed E-state index contributed by atoms with van der Waals surface area (Å²) < 4.78 is 41.4. The largest absolute Gasteiger partial charge is 0.445 e. The first-order chi connectivity index (χ1) is 13.2. The highest BCUT2D eigenvalue weighted by Gasteiger charge is 2.23. The van der Waals surface area contributed by atoms with Crippen molar-refractivity contribution in [3.8, 4) is 0 Å². The molecule has 2 rings (SSSR count). The minimum absolute atomic E-state index is 0.0251. The van der Waals surface area contributed by atoms with Crippen LogP contribution in [0.4, 0.5) is 9.18 Å². The first-order valence-electron chi connectivity index (χ1n) is 8.31. The van der Waals surface area contributed by atoms with E-state index in [9.17, 15) is 27.8 Å². The fourth-order valence-corrected chi connectivity index (χ4v) is 2.91. The Morgan fingerprint density at radius 1 is 1.18 bits per heavy atom. The third-order valence-electron chi connectivity index (χ3n) is 3.91. The van der Waals surface area contributed by atoms with Crippen molar-refractivity contribution in [3.63, 3.8) is 0 Å². The summed E-state index contributed by atoms with van der Waals surface area (Å²) in [4.78, 5) is 11.2. The molecule has 8 nitrogen and oxygen atoms in total. The number of aliphatic hydroxyl groups is 2. The lowest BCUT2D eigenvalue weighted by Crippen LogP contribution is -2.30. The van der Waals surface area contributed by atoms with Gasteiger partial charge < -0.3 is 20.3 Å². The molecule has 0 bridgehead atoms. The van der Waals surface area contributed by atoms with Crippen LogP contribution in [-0.2, 0) is 21.4 Å². The number of halogens is 1. The molecule has 10 heteroatoms. The molecule has 0 heterocycles. The van der Waals surface area contributed by atoms with Crippen molar-refractivity contribution in [2.45, 2.75) is 30.1 Å². The van der Waals surface area contributed by atoms with E-state index >= 15 is 0 Å². The van der Waals surface area contributed by atoms with Crippen molar-refractivity contribution in [2.24, 2.45) is 5.14 Å². The zero-order valence-corrected chi connectivity index (χ0v) is 15.6. The highest BCUT2D eigenvalue weighted by atomic mass is 32.2. The van der Waals surface area contributed by atoms with Gasteiger partial charge in [0.1, 0.15) is 18.5 Å². The smallest absolute Gasteiger partial charge is 0.407 e. The monoisotopic (exact) mass is 412 g/mol. The Labute approximate surface area is 161 Å². The number of hydrogen-bond donors (Lipinski definition) is 4. The molecule has 2 aromatic rings. The number of carbonyl (C=O) groups is 1. The normalized spacial score (nSPS) is 13.6. The van der Waals surface area contributed by atoms with Crippen molar-refractivity contribution in [2.75, 3.05) is 6.54 Å². The number of carbonyl (C=O) groups excluding carboxylic acids is 1. The quantitative estimate of drug-likeness (QED) is 0.514. The van der Waals surface area contributed by atoms with E-state index in [1.807, 2.05) is 18.2 Å². The number of aliphatic hydroxyl groups excluding tert-OH is 2. The molecular formula is C18H21FN2O6S.